The molecule has 0 saturated heterocycles. The van der Waals surface area contributed by atoms with Gasteiger partial charge in [-0.15, -0.1) is 0 Å². The second-order valence-corrected chi connectivity index (χ2v) is 9.39. The van der Waals surface area contributed by atoms with Gasteiger partial charge in [0.15, 0.2) is 0 Å². The first kappa shape index (κ1) is 32.9. The van der Waals surface area contributed by atoms with Gasteiger partial charge in [0.25, 0.3) is 0 Å². The normalized spacial score (nSPS) is 13.9. The molecule has 0 radical (unpaired) electrons. The van der Waals surface area contributed by atoms with E-state index in [0.29, 0.717) is 78.6 Å². The lowest BCUT2D eigenvalue weighted by molar-refractivity contribution is -0.122. The number of amides is 2. The van der Waals surface area contributed by atoms with E-state index in [1.807, 2.05) is 0 Å². The van der Waals surface area contributed by atoms with Gasteiger partial charge in [-0.1, -0.05) is 0 Å². The van der Waals surface area contributed by atoms with Gasteiger partial charge in [0.1, 0.15) is 6.10 Å². The molecule has 0 aromatic heterocycles. The summed E-state index contributed by atoms with van der Waals surface area (Å²) in [6, 6.07) is 0. The number of hydrogen-bond donors (Lipinski definition) is 3. The van der Waals surface area contributed by atoms with E-state index in [4.69, 9.17) is 33.1 Å². The summed E-state index contributed by atoms with van der Waals surface area (Å²) in [6.45, 7) is 5.23. The number of ether oxygens (including phenoxy) is 5. The monoisotopic (exact) mass is 514 g/mol. The van der Waals surface area contributed by atoms with Crippen molar-refractivity contribution in [2.24, 2.45) is 0 Å². The second-order valence-electron chi connectivity index (χ2n) is 7.53. The molecule has 2 unspecified atom stereocenters. The van der Waals surface area contributed by atoms with Crippen LogP contribution in [-0.4, -0.2) is 110 Å². The van der Waals surface area contributed by atoms with Crippen molar-refractivity contribution in [2.75, 3.05) is 86.8 Å². The lowest BCUT2D eigenvalue weighted by Gasteiger charge is -2.18. The molecule has 0 spiro atoms. The van der Waals surface area contributed by atoms with Crippen molar-refractivity contribution >= 4 is 19.4 Å². The first-order valence-electron chi connectivity index (χ1n) is 11.5. The highest BCUT2D eigenvalue weighted by Crippen LogP contribution is 2.36. The van der Waals surface area contributed by atoms with Crippen LogP contribution in [0.1, 0.15) is 32.1 Å². The fourth-order valence-electron chi connectivity index (χ4n) is 2.54. The first-order chi connectivity index (χ1) is 16.3. The molecular weight excluding hydrogens is 471 g/mol. The molecule has 13 heteroatoms. The smallest absolute Gasteiger partial charge is 0.325 e. The molecule has 12 nitrogen and oxygen atoms in total. The molecule has 0 aromatic rings. The molecule has 0 saturated carbocycles. The Bertz CT molecular complexity index is 562. The highest BCUT2D eigenvalue weighted by atomic mass is 31.2. The van der Waals surface area contributed by atoms with Gasteiger partial charge < -0.3 is 43.7 Å². The summed E-state index contributed by atoms with van der Waals surface area (Å²) in [5.74, 6) is -0.284. The van der Waals surface area contributed by atoms with E-state index in [0.717, 1.165) is 6.66 Å². The molecule has 34 heavy (non-hydrogen) atoms. The summed E-state index contributed by atoms with van der Waals surface area (Å²) in [4.78, 5) is 32.6. The Hall–Kier alpha value is -1.11. The van der Waals surface area contributed by atoms with Gasteiger partial charge in [-0.25, -0.2) is 0 Å². The number of methoxy groups -OCH3 is 2. The van der Waals surface area contributed by atoms with Crippen LogP contribution in [0.15, 0.2) is 0 Å². The molecule has 2 amide bonds. The summed E-state index contributed by atoms with van der Waals surface area (Å²) in [5.41, 5.74) is 0. The van der Waals surface area contributed by atoms with E-state index in [-0.39, 0.29) is 37.4 Å². The molecular formula is C21H43N2O10P. The Morgan fingerprint density at radius 3 is 1.88 bits per heavy atom. The minimum atomic E-state index is -3.47. The Kier molecular flexibility index (Phi) is 21.6. The van der Waals surface area contributed by atoms with E-state index in [1.165, 1.54) is 0 Å². The molecule has 0 aliphatic heterocycles. The molecule has 0 rings (SSSR count). The van der Waals surface area contributed by atoms with Crippen LogP contribution in [0.25, 0.3) is 0 Å². The molecule has 202 valence electrons. The fraction of sp³-hybridized carbons (Fsp3) is 0.905. The summed E-state index contributed by atoms with van der Waals surface area (Å²) in [5, 5.41) is 5.49. The predicted molar refractivity (Wildman–Crippen MR) is 126 cm³/mol. The zero-order chi connectivity index (χ0) is 25.5. The Labute approximate surface area is 202 Å². The van der Waals surface area contributed by atoms with Gasteiger partial charge in [-0.05, 0) is 19.3 Å². The molecule has 0 aromatic carbocycles. The maximum absolute atomic E-state index is 11.9. The topological polar surface area (TPSA) is 151 Å². The van der Waals surface area contributed by atoms with E-state index in [9.17, 15) is 14.2 Å². The van der Waals surface area contributed by atoms with Crippen molar-refractivity contribution in [1.82, 2.24) is 10.6 Å². The predicted octanol–water partition coefficient (Wildman–Crippen LogP) is 0.712. The third kappa shape index (κ3) is 24.0. The van der Waals surface area contributed by atoms with Crippen LogP contribution < -0.4 is 10.6 Å². The lowest BCUT2D eigenvalue weighted by atomic mass is 10.2. The van der Waals surface area contributed by atoms with Gasteiger partial charge >= 0.3 is 7.60 Å². The molecule has 3 N–H and O–H groups in total. The molecule has 2 atom stereocenters. The van der Waals surface area contributed by atoms with Gasteiger partial charge in [-0.2, -0.15) is 0 Å². The molecule has 0 fully saturated rings. The van der Waals surface area contributed by atoms with E-state index >= 15 is 0 Å². The van der Waals surface area contributed by atoms with Crippen LogP contribution >= 0.6 is 7.60 Å². The third-order valence-corrected chi connectivity index (χ3v) is 4.91. The van der Waals surface area contributed by atoms with Crippen LogP contribution in [0.4, 0.5) is 0 Å². The zero-order valence-electron chi connectivity index (χ0n) is 20.8. The minimum Gasteiger partial charge on any atom is -0.382 e. The number of carbonyl (C=O) groups excluding carboxylic acids is 2. The molecule has 0 bridgehead atoms. The third-order valence-electron chi connectivity index (χ3n) is 4.25. The van der Waals surface area contributed by atoms with Crippen molar-refractivity contribution in [3.63, 3.8) is 0 Å². The summed E-state index contributed by atoms with van der Waals surface area (Å²) in [6.07, 6.45) is 1.82. The SMILES string of the molecule is COCCOCC(COCCCNC(=O)CCCC(=O)NCCCOP(C)(=O)O)OCCOC. The largest absolute Gasteiger partial charge is 0.382 e. The fourth-order valence-corrected chi connectivity index (χ4v) is 3.00. The van der Waals surface area contributed by atoms with Crippen molar-refractivity contribution in [2.45, 2.75) is 38.2 Å². The van der Waals surface area contributed by atoms with Gasteiger partial charge in [0, 0.05) is 53.4 Å². The molecule has 0 aliphatic carbocycles. The maximum Gasteiger partial charge on any atom is 0.325 e. The summed E-state index contributed by atoms with van der Waals surface area (Å²) < 4.78 is 42.4. The maximum atomic E-state index is 11.9. The van der Waals surface area contributed by atoms with Crippen molar-refractivity contribution in [1.29, 1.82) is 0 Å². The van der Waals surface area contributed by atoms with Gasteiger partial charge in [0.05, 0.1) is 46.2 Å². The van der Waals surface area contributed by atoms with Crippen molar-refractivity contribution in [3.05, 3.63) is 0 Å². The average Bonchev–Trinajstić information content (AvgIpc) is 2.77. The minimum absolute atomic E-state index is 0.0976. The van der Waals surface area contributed by atoms with Crippen LogP contribution in [-0.2, 0) is 42.4 Å². The van der Waals surface area contributed by atoms with E-state index < -0.39 is 7.60 Å². The lowest BCUT2D eigenvalue weighted by Crippen LogP contribution is -2.29. The van der Waals surface area contributed by atoms with Crippen molar-refractivity contribution < 1.29 is 47.3 Å². The number of carbonyl (C=O) groups is 2. The van der Waals surface area contributed by atoms with Crippen LogP contribution in [0.2, 0.25) is 0 Å². The first-order valence-corrected chi connectivity index (χ1v) is 13.5. The number of nitrogens with one attached hydrogen (secondary N) is 2. The van der Waals surface area contributed by atoms with E-state index in [2.05, 4.69) is 10.6 Å². The zero-order valence-corrected chi connectivity index (χ0v) is 21.6. The number of hydrogen-bond acceptors (Lipinski definition) is 9. The Morgan fingerprint density at radius 2 is 1.32 bits per heavy atom. The van der Waals surface area contributed by atoms with Crippen LogP contribution in [0.5, 0.6) is 0 Å². The average molecular weight is 515 g/mol. The number of rotatable bonds is 24. The summed E-state index contributed by atoms with van der Waals surface area (Å²) >= 11 is 0. The quantitative estimate of drug-likeness (QED) is 0.124. The highest BCUT2D eigenvalue weighted by Gasteiger charge is 2.11. The molecule has 0 heterocycles. The Morgan fingerprint density at radius 1 is 0.794 bits per heavy atom. The Balaban J connectivity index is 3.72. The van der Waals surface area contributed by atoms with E-state index in [1.54, 1.807) is 14.2 Å². The van der Waals surface area contributed by atoms with Gasteiger partial charge in [0.2, 0.25) is 11.8 Å². The van der Waals surface area contributed by atoms with Gasteiger partial charge in [-0.3, -0.25) is 14.2 Å². The summed E-state index contributed by atoms with van der Waals surface area (Å²) in [7, 11) is -0.253. The molecule has 0 aliphatic rings. The van der Waals surface area contributed by atoms with Crippen molar-refractivity contribution in [3.8, 4) is 0 Å². The highest BCUT2D eigenvalue weighted by molar-refractivity contribution is 7.51. The second kappa shape index (κ2) is 22.4. The standard InChI is InChI=1S/C21H43N2O10P/c1-28-13-15-31-18-19(32-16-14-29-2)17-30-11-5-9-22-20(24)7-4-8-21(25)23-10-6-12-33-34(3,26)27/h19H,4-18H2,1-3H3,(H,22,24)(H,23,25)(H,26,27). The van der Waals surface area contributed by atoms with Crippen LogP contribution in [0, 0.1) is 0 Å². The van der Waals surface area contributed by atoms with Crippen LogP contribution in [0.3, 0.4) is 0 Å².